The molecular formula is C14H18BrN3O4S. The van der Waals surface area contributed by atoms with Gasteiger partial charge in [0.15, 0.2) is 27.3 Å². The largest absolute Gasteiger partial charge is 0.454 e. The molecule has 2 aliphatic heterocycles. The van der Waals surface area contributed by atoms with Crippen LogP contribution in [0.15, 0.2) is 21.6 Å². The molecule has 0 amide bonds. The van der Waals surface area contributed by atoms with Gasteiger partial charge in [0.2, 0.25) is 6.79 Å². The molecule has 126 valence electrons. The minimum absolute atomic E-state index is 0.0882. The van der Waals surface area contributed by atoms with Crippen molar-refractivity contribution in [2.24, 2.45) is 4.99 Å². The first kappa shape index (κ1) is 16.4. The van der Waals surface area contributed by atoms with Gasteiger partial charge < -0.3 is 20.1 Å². The minimum atomic E-state index is -2.91. The monoisotopic (exact) mass is 403 g/mol. The maximum Gasteiger partial charge on any atom is 0.231 e. The molecule has 0 spiro atoms. The molecule has 2 heterocycles. The molecule has 1 unspecified atom stereocenters. The Morgan fingerprint density at radius 1 is 1.43 bits per heavy atom. The summed E-state index contributed by atoms with van der Waals surface area (Å²) in [6, 6.07) is 3.77. The Morgan fingerprint density at radius 3 is 2.96 bits per heavy atom. The Hall–Kier alpha value is -1.48. The highest BCUT2D eigenvalue weighted by molar-refractivity contribution is 9.10. The van der Waals surface area contributed by atoms with Crippen molar-refractivity contribution in [3.63, 3.8) is 0 Å². The Morgan fingerprint density at radius 2 is 2.26 bits per heavy atom. The van der Waals surface area contributed by atoms with E-state index in [-0.39, 0.29) is 24.3 Å². The van der Waals surface area contributed by atoms with E-state index in [1.165, 1.54) is 0 Å². The first-order valence-corrected chi connectivity index (χ1v) is 9.84. The summed E-state index contributed by atoms with van der Waals surface area (Å²) in [6.07, 6.45) is 0.610. The van der Waals surface area contributed by atoms with E-state index >= 15 is 0 Å². The normalized spacial score (nSPS) is 22.2. The van der Waals surface area contributed by atoms with Gasteiger partial charge in [0.25, 0.3) is 0 Å². The molecule has 1 saturated heterocycles. The molecule has 0 radical (unpaired) electrons. The highest BCUT2D eigenvalue weighted by atomic mass is 79.9. The number of benzene rings is 1. The lowest BCUT2D eigenvalue weighted by molar-refractivity contribution is 0.173. The third kappa shape index (κ3) is 3.89. The summed E-state index contributed by atoms with van der Waals surface area (Å²) < 4.78 is 34.6. The standard InChI is InChI=1S/C14H18BrN3O4S/c1-16-14(18-10-2-3-23(19,20)7-10)17-6-9-4-11(15)13-12(5-9)21-8-22-13/h4-5,10H,2-3,6-8H2,1H3,(H2,16,17,18). The zero-order valence-electron chi connectivity index (χ0n) is 12.6. The third-order valence-corrected chi connectivity index (χ3v) is 6.10. The van der Waals surface area contributed by atoms with Crippen LogP contribution in [0.2, 0.25) is 0 Å². The highest BCUT2D eigenvalue weighted by Gasteiger charge is 2.28. The molecule has 0 aromatic heterocycles. The van der Waals surface area contributed by atoms with Gasteiger partial charge >= 0.3 is 0 Å². The lowest BCUT2D eigenvalue weighted by Gasteiger charge is -2.16. The average molecular weight is 404 g/mol. The van der Waals surface area contributed by atoms with Crippen LogP contribution >= 0.6 is 15.9 Å². The highest BCUT2D eigenvalue weighted by Crippen LogP contribution is 2.39. The van der Waals surface area contributed by atoms with Gasteiger partial charge in [0.05, 0.1) is 16.0 Å². The molecule has 2 aliphatic rings. The molecule has 1 fully saturated rings. The van der Waals surface area contributed by atoms with E-state index in [1.54, 1.807) is 7.05 Å². The molecule has 3 rings (SSSR count). The van der Waals surface area contributed by atoms with Crippen LogP contribution < -0.4 is 20.1 Å². The van der Waals surface area contributed by atoms with E-state index in [4.69, 9.17) is 9.47 Å². The van der Waals surface area contributed by atoms with E-state index in [0.29, 0.717) is 30.4 Å². The van der Waals surface area contributed by atoms with E-state index in [2.05, 4.69) is 31.6 Å². The second-order valence-corrected chi connectivity index (χ2v) is 8.56. The lowest BCUT2D eigenvalue weighted by Crippen LogP contribution is -2.43. The Labute approximate surface area is 143 Å². The summed E-state index contributed by atoms with van der Waals surface area (Å²) in [5, 5.41) is 6.34. The van der Waals surface area contributed by atoms with Crippen LogP contribution in [-0.2, 0) is 16.4 Å². The topological polar surface area (TPSA) is 89.0 Å². The predicted molar refractivity (Wildman–Crippen MR) is 90.7 cm³/mol. The van der Waals surface area contributed by atoms with Gasteiger partial charge in [-0.25, -0.2) is 8.42 Å². The molecule has 2 N–H and O–H groups in total. The molecule has 0 bridgehead atoms. The number of fused-ring (bicyclic) bond motifs is 1. The number of halogens is 1. The summed E-state index contributed by atoms with van der Waals surface area (Å²) in [4.78, 5) is 4.14. The third-order valence-electron chi connectivity index (χ3n) is 3.74. The van der Waals surface area contributed by atoms with Gasteiger partial charge in [-0.05, 0) is 40.0 Å². The first-order chi connectivity index (χ1) is 11.0. The molecule has 1 atom stereocenters. The SMILES string of the molecule is CN=C(NCc1cc(Br)c2c(c1)OCO2)NC1CCS(=O)(=O)C1. The van der Waals surface area contributed by atoms with Crippen LogP contribution in [0.3, 0.4) is 0 Å². The van der Waals surface area contributed by atoms with Crippen LogP contribution in [-0.4, -0.2) is 45.8 Å². The first-order valence-electron chi connectivity index (χ1n) is 7.22. The van der Waals surface area contributed by atoms with Crippen LogP contribution in [0, 0.1) is 0 Å². The quantitative estimate of drug-likeness (QED) is 0.578. The second kappa shape index (κ2) is 6.56. The number of hydrogen-bond acceptors (Lipinski definition) is 5. The molecule has 23 heavy (non-hydrogen) atoms. The van der Waals surface area contributed by atoms with Crippen molar-refractivity contribution < 1.29 is 17.9 Å². The Balaban J connectivity index is 1.60. The number of hydrogen-bond donors (Lipinski definition) is 2. The molecule has 7 nitrogen and oxygen atoms in total. The van der Waals surface area contributed by atoms with Gasteiger partial charge in [-0.15, -0.1) is 0 Å². The summed E-state index contributed by atoms with van der Waals surface area (Å²) in [5.74, 6) is 2.40. The zero-order chi connectivity index (χ0) is 16.4. The summed E-state index contributed by atoms with van der Waals surface area (Å²) >= 11 is 3.46. The lowest BCUT2D eigenvalue weighted by atomic mass is 10.2. The fourth-order valence-electron chi connectivity index (χ4n) is 2.61. The van der Waals surface area contributed by atoms with Crippen molar-refractivity contribution in [3.05, 3.63) is 22.2 Å². The number of guanidine groups is 1. The van der Waals surface area contributed by atoms with E-state index in [1.807, 2.05) is 12.1 Å². The molecule has 9 heteroatoms. The van der Waals surface area contributed by atoms with Crippen LogP contribution in [0.4, 0.5) is 0 Å². The molecular weight excluding hydrogens is 386 g/mol. The van der Waals surface area contributed by atoms with E-state index in [9.17, 15) is 8.42 Å². The molecule has 1 aromatic rings. The number of ether oxygens (including phenoxy) is 2. The summed E-state index contributed by atoms with van der Waals surface area (Å²) in [5.41, 5.74) is 1.00. The number of rotatable bonds is 3. The Bertz CT molecular complexity index is 736. The van der Waals surface area contributed by atoms with Gasteiger partial charge in [0.1, 0.15) is 0 Å². The second-order valence-electron chi connectivity index (χ2n) is 5.48. The van der Waals surface area contributed by atoms with Crippen LogP contribution in [0.1, 0.15) is 12.0 Å². The van der Waals surface area contributed by atoms with Crippen molar-refractivity contribution >= 4 is 31.7 Å². The fraction of sp³-hybridized carbons (Fsp3) is 0.500. The van der Waals surface area contributed by atoms with Gasteiger partial charge in [0, 0.05) is 19.6 Å². The summed E-state index contributed by atoms with van der Waals surface area (Å²) in [6.45, 7) is 0.762. The zero-order valence-corrected chi connectivity index (χ0v) is 15.0. The maximum atomic E-state index is 11.5. The minimum Gasteiger partial charge on any atom is -0.454 e. The van der Waals surface area contributed by atoms with Gasteiger partial charge in [-0.2, -0.15) is 0 Å². The number of nitrogens with one attached hydrogen (secondary N) is 2. The smallest absolute Gasteiger partial charge is 0.231 e. The molecule has 1 aromatic carbocycles. The number of aliphatic imine (C=N–C) groups is 1. The Kier molecular flexibility index (Phi) is 4.67. The fourth-order valence-corrected chi connectivity index (χ4v) is 4.88. The van der Waals surface area contributed by atoms with Crippen molar-refractivity contribution in [1.82, 2.24) is 10.6 Å². The summed E-state index contributed by atoms with van der Waals surface area (Å²) in [7, 11) is -1.25. The van der Waals surface area contributed by atoms with Gasteiger partial charge in [-0.3, -0.25) is 4.99 Å². The van der Waals surface area contributed by atoms with Crippen molar-refractivity contribution in [3.8, 4) is 11.5 Å². The number of nitrogens with zero attached hydrogens (tertiary/aromatic N) is 1. The van der Waals surface area contributed by atoms with E-state index < -0.39 is 9.84 Å². The number of sulfone groups is 1. The average Bonchev–Trinajstić information content (AvgIpc) is 3.10. The molecule has 0 saturated carbocycles. The van der Waals surface area contributed by atoms with Gasteiger partial charge in [-0.1, -0.05) is 0 Å². The maximum absolute atomic E-state index is 11.5. The van der Waals surface area contributed by atoms with Crippen molar-refractivity contribution in [1.29, 1.82) is 0 Å². The van der Waals surface area contributed by atoms with Crippen molar-refractivity contribution in [2.45, 2.75) is 19.0 Å². The predicted octanol–water partition coefficient (Wildman–Crippen LogP) is 1.03. The van der Waals surface area contributed by atoms with E-state index in [0.717, 1.165) is 10.0 Å². The van der Waals surface area contributed by atoms with Crippen LogP contribution in [0.25, 0.3) is 0 Å². The van der Waals surface area contributed by atoms with Crippen molar-refractivity contribution in [2.75, 3.05) is 25.3 Å². The molecule has 0 aliphatic carbocycles. The van der Waals surface area contributed by atoms with Crippen LogP contribution in [0.5, 0.6) is 11.5 Å².